The lowest BCUT2D eigenvalue weighted by atomic mass is 9.97. The number of halogens is 1. The minimum atomic E-state index is -4.02. The minimum Gasteiger partial charge on any atom is -0.495 e. The van der Waals surface area contributed by atoms with E-state index in [2.05, 4.69) is 4.72 Å². The zero-order valence-electron chi connectivity index (χ0n) is 16.6. The van der Waals surface area contributed by atoms with Gasteiger partial charge in [-0.2, -0.15) is 0 Å². The highest BCUT2D eigenvalue weighted by atomic mass is 35.5. The van der Waals surface area contributed by atoms with Crippen LogP contribution < -0.4 is 9.46 Å². The molecule has 29 heavy (non-hydrogen) atoms. The van der Waals surface area contributed by atoms with E-state index in [9.17, 15) is 23.1 Å². The zero-order chi connectivity index (χ0) is 22.0. The molecule has 0 unspecified atom stereocenters. The quantitative estimate of drug-likeness (QED) is 0.640. The highest BCUT2D eigenvalue weighted by Crippen LogP contribution is 2.28. The van der Waals surface area contributed by atoms with Crippen LogP contribution in [0.4, 0.5) is 4.79 Å². The van der Waals surface area contributed by atoms with E-state index in [4.69, 9.17) is 21.1 Å². The van der Waals surface area contributed by atoms with E-state index in [-0.39, 0.29) is 35.2 Å². The van der Waals surface area contributed by atoms with E-state index in [0.717, 1.165) is 4.90 Å². The SMILES string of the molecule is COc1ccc(Cl)cc1S(=O)(=O)N[C@@H]1C[C@H](COC(=O)C(C)(C)C)N(C(=O)O)C1. The first kappa shape index (κ1) is 23.2. The Morgan fingerprint density at radius 1 is 1.34 bits per heavy atom. The van der Waals surface area contributed by atoms with Crippen LogP contribution in [0.15, 0.2) is 23.1 Å². The number of benzene rings is 1. The molecule has 1 aromatic rings. The van der Waals surface area contributed by atoms with Crippen molar-refractivity contribution >= 4 is 33.7 Å². The first-order valence-electron chi connectivity index (χ1n) is 8.88. The Hall–Kier alpha value is -2.04. The van der Waals surface area contributed by atoms with Crippen LogP contribution in [0.25, 0.3) is 0 Å². The molecule has 0 radical (unpaired) electrons. The highest BCUT2D eigenvalue weighted by molar-refractivity contribution is 7.89. The Labute approximate surface area is 175 Å². The largest absolute Gasteiger partial charge is 0.495 e. The summed E-state index contributed by atoms with van der Waals surface area (Å²) in [5, 5.41) is 9.65. The maximum absolute atomic E-state index is 12.8. The van der Waals surface area contributed by atoms with Gasteiger partial charge in [-0.15, -0.1) is 0 Å². The molecule has 1 aliphatic heterocycles. The van der Waals surface area contributed by atoms with Gasteiger partial charge in [0.1, 0.15) is 17.3 Å². The van der Waals surface area contributed by atoms with Crippen LogP contribution in [-0.4, -0.2) is 62.8 Å². The van der Waals surface area contributed by atoms with Crippen LogP contribution >= 0.6 is 11.6 Å². The lowest BCUT2D eigenvalue weighted by Gasteiger charge is -2.23. The Bertz CT molecular complexity index is 883. The molecule has 0 bridgehead atoms. The molecule has 2 rings (SSSR count). The third kappa shape index (κ3) is 5.74. The molecule has 11 heteroatoms. The Morgan fingerprint density at radius 3 is 2.55 bits per heavy atom. The van der Waals surface area contributed by atoms with Crippen LogP contribution in [-0.2, 0) is 19.6 Å². The molecule has 1 amide bonds. The van der Waals surface area contributed by atoms with Crippen molar-refractivity contribution in [1.82, 2.24) is 9.62 Å². The van der Waals surface area contributed by atoms with E-state index in [1.54, 1.807) is 20.8 Å². The predicted molar refractivity (Wildman–Crippen MR) is 106 cm³/mol. The van der Waals surface area contributed by atoms with Crippen molar-refractivity contribution in [2.24, 2.45) is 5.41 Å². The molecule has 0 spiro atoms. The average Bonchev–Trinajstić information content (AvgIpc) is 3.01. The standard InChI is InChI=1S/C18H25ClN2O7S/c1-18(2,3)16(22)28-10-13-8-12(9-21(13)17(23)24)20-29(25,26)15-7-11(19)5-6-14(15)27-4/h5-7,12-13,20H,8-10H2,1-4H3,(H,23,24)/t12-,13-/m1/s1. The fourth-order valence-electron chi connectivity index (χ4n) is 2.93. The number of nitrogens with one attached hydrogen (secondary N) is 1. The second-order valence-corrected chi connectivity index (χ2v) is 9.91. The Kier molecular flexibility index (Phi) is 7.02. The van der Waals surface area contributed by atoms with Crippen LogP contribution in [0.3, 0.4) is 0 Å². The number of sulfonamides is 1. The molecule has 1 saturated heterocycles. The van der Waals surface area contributed by atoms with E-state index in [1.165, 1.54) is 25.3 Å². The van der Waals surface area contributed by atoms with Crippen molar-refractivity contribution in [2.45, 2.75) is 44.2 Å². The minimum absolute atomic E-state index is 0.0742. The number of hydrogen-bond acceptors (Lipinski definition) is 6. The first-order valence-corrected chi connectivity index (χ1v) is 10.7. The number of carbonyl (C=O) groups is 2. The van der Waals surface area contributed by atoms with Crippen molar-refractivity contribution < 1.29 is 32.6 Å². The number of amides is 1. The van der Waals surface area contributed by atoms with Crippen LogP contribution in [0, 0.1) is 5.41 Å². The summed E-state index contributed by atoms with van der Waals surface area (Å²) < 4.78 is 38.4. The number of ether oxygens (including phenoxy) is 2. The summed E-state index contributed by atoms with van der Waals surface area (Å²) in [6, 6.07) is 2.84. The maximum atomic E-state index is 12.8. The number of likely N-dealkylation sites (tertiary alicyclic amines) is 1. The van der Waals surface area contributed by atoms with E-state index in [0.29, 0.717) is 0 Å². The van der Waals surface area contributed by atoms with Gasteiger partial charge in [0.15, 0.2) is 0 Å². The summed E-state index contributed by atoms with van der Waals surface area (Å²) in [5.41, 5.74) is -0.725. The molecule has 0 aromatic heterocycles. The second-order valence-electron chi connectivity index (χ2n) is 7.79. The Morgan fingerprint density at radius 2 is 2.00 bits per heavy atom. The molecule has 0 aliphatic carbocycles. The van der Waals surface area contributed by atoms with Crippen LogP contribution in [0.1, 0.15) is 27.2 Å². The van der Waals surface area contributed by atoms with Crippen LogP contribution in [0.5, 0.6) is 5.75 Å². The molecule has 1 aromatic carbocycles. The van der Waals surface area contributed by atoms with Crippen molar-refractivity contribution in [2.75, 3.05) is 20.3 Å². The lowest BCUT2D eigenvalue weighted by molar-refractivity contribution is -0.154. The molecule has 0 saturated carbocycles. The van der Waals surface area contributed by atoms with Gasteiger partial charge in [-0.05, 0) is 45.4 Å². The van der Waals surface area contributed by atoms with Crippen molar-refractivity contribution in [1.29, 1.82) is 0 Å². The molecule has 2 atom stereocenters. The summed E-state index contributed by atoms with van der Waals surface area (Å²) in [4.78, 5) is 24.4. The molecule has 9 nitrogen and oxygen atoms in total. The van der Waals surface area contributed by atoms with Crippen molar-refractivity contribution in [3.63, 3.8) is 0 Å². The molecule has 162 valence electrons. The normalized spacial score (nSPS) is 19.8. The lowest BCUT2D eigenvalue weighted by Crippen LogP contribution is -2.40. The van der Waals surface area contributed by atoms with E-state index >= 15 is 0 Å². The predicted octanol–water partition coefficient (Wildman–Crippen LogP) is 2.34. The third-order valence-electron chi connectivity index (χ3n) is 4.42. The van der Waals surface area contributed by atoms with E-state index < -0.39 is 39.6 Å². The monoisotopic (exact) mass is 448 g/mol. The molecule has 1 aliphatic rings. The zero-order valence-corrected chi connectivity index (χ0v) is 18.2. The number of rotatable bonds is 6. The molecule has 2 N–H and O–H groups in total. The molecule has 1 fully saturated rings. The molecular formula is C18H25ClN2O7S. The number of carboxylic acid groups (broad SMARTS) is 1. The number of methoxy groups -OCH3 is 1. The second kappa shape index (κ2) is 8.76. The van der Waals surface area contributed by atoms with Gasteiger partial charge >= 0.3 is 12.1 Å². The summed E-state index contributed by atoms with van der Waals surface area (Å²) in [5.74, 6) is -0.346. The maximum Gasteiger partial charge on any atom is 0.407 e. The molecule has 1 heterocycles. The Balaban J connectivity index is 2.15. The van der Waals surface area contributed by atoms with Gasteiger partial charge in [-0.25, -0.2) is 17.9 Å². The van der Waals surface area contributed by atoms with E-state index in [1.807, 2.05) is 0 Å². The number of carbonyl (C=O) groups excluding carboxylic acids is 1. The summed E-state index contributed by atoms with van der Waals surface area (Å²) in [6.45, 7) is 4.84. The summed E-state index contributed by atoms with van der Waals surface area (Å²) in [7, 11) is -2.69. The van der Waals surface area contributed by atoms with Gasteiger partial charge in [-0.3, -0.25) is 4.79 Å². The van der Waals surface area contributed by atoms with Gasteiger partial charge < -0.3 is 19.5 Å². The van der Waals surface area contributed by atoms with Gasteiger partial charge in [0.05, 0.1) is 18.6 Å². The fourth-order valence-corrected chi connectivity index (χ4v) is 4.60. The van der Waals surface area contributed by atoms with Gasteiger partial charge in [-0.1, -0.05) is 11.6 Å². The summed E-state index contributed by atoms with van der Waals surface area (Å²) in [6.07, 6.45) is -1.06. The van der Waals surface area contributed by atoms with Gasteiger partial charge in [0, 0.05) is 17.6 Å². The smallest absolute Gasteiger partial charge is 0.407 e. The van der Waals surface area contributed by atoms with Crippen LogP contribution in [0.2, 0.25) is 5.02 Å². The highest BCUT2D eigenvalue weighted by Gasteiger charge is 2.39. The number of hydrogen-bond donors (Lipinski definition) is 2. The topological polar surface area (TPSA) is 122 Å². The van der Waals surface area contributed by atoms with Crippen molar-refractivity contribution in [3.8, 4) is 5.75 Å². The third-order valence-corrected chi connectivity index (χ3v) is 6.19. The van der Waals surface area contributed by atoms with Crippen molar-refractivity contribution in [3.05, 3.63) is 23.2 Å². The molecular weight excluding hydrogens is 424 g/mol. The fraction of sp³-hybridized carbons (Fsp3) is 0.556. The number of nitrogens with zero attached hydrogens (tertiary/aromatic N) is 1. The number of esters is 1. The first-order chi connectivity index (χ1) is 13.3. The van der Waals surface area contributed by atoms with Gasteiger partial charge in [0.2, 0.25) is 10.0 Å². The average molecular weight is 449 g/mol. The van der Waals surface area contributed by atoms with Gasteiger partial charge in [0.25, 0.3) is 0 Å². The summed E-state index contributed by atoms with van der Waals surface area (Å²) >= 11 is 5.91.